The topological polar surface area (TPSA) is 46.3 Å². The molecule has 1 aromatic carbocycles. The first kappa shape index (κ1) is 17.1. The molecule has 0 atom stereocenters. The van der Waals surface area contributed by atoms with Crippen molar-refractivity contribution in [3.05, 3.63) is 52.9 Å². The third-order valence-corrected chi connectivity index (χ3v) is 3.40. The van der Waals surface area contributed by atoms with Crippen LogP contribution in [0.1, 0.15) is 29.5 Å². The number of nitrogens with zero attached hydrogens (tertiary/aromatic N) is 2. The monoisotopic (exact) mass is 326 g/mol. The van der Waals surface area contributed by atoms with Crippen molar-refractivity contribution in [2.45, 2.75) is 32.5 Å². The molecule has 0 saturated heterocycles. The van der Waals surface area contributed by atoms with Crippen molar-refractivity contribution in [1.82, 2.24) is 10.1 Å². The van der Waals surface area contributed by atoms with Crippen LogP contribution in [0.2, 0.25) is 0 Å². The van der Waals surface area contributed by atoms with Gasteiger partial charge in [0, 0.05) is 13.1 Å². The maximum absolute atomic E-state index is 12.7. The fourth-order valence-electron chi connectivity index (χ4n) is 2.09. The Hall–Kier alpha value is -2.31. The van der Waals surface area contributed by atoms with Gasteiger partial charge in [-0.05, 0) is 18.1 Å². The molecule has 1 heterocycles. The van der Waals surface area contributed by atoms with Gasteiger partial charge in [-0.25, -0.2) is 0 Å². The summed E-state index contributed by atoms with van der Waals surface area (Å²) in [4.78, 5) is 13.5. The Kier molecular flexibility index (Phi) is 5.08. The second-order valence-corrected chi connectivity index (χ2v) is 5.26. The van der Waals surface area contributed by atoms with Crippen LogP contribution < -0.4 is 0 Å². The molecule has 23 heavy (non-hydrogen) atoms. The molecule has 2 rings (SSSR count). The van der Waals surface area contributed by atoms with Gasteiger partial charge in [0.2, 0.25) is 5.91 Å². The SMILES string of the molecule is CCc1cc(CN(C)C(=O)Cc2cccc(C(F)(F)F)c2)on1. The van der Waals surface area contributed by atoms with Crippen molar-refractivity contribution < 1.29 is 22.5 Å². The fourth-order valence-corrected chi connectivity index (χ4v) is 2.09. The zero-order valence-electron chi connectivity index (χ0n) is 12.9. The molecule has 1 amide bonds. The van der Waals surface area contributed by atoms with Crippen LogP contribution >= 0.6 is 0 Å². The van der Waals surface area contributed by atoms with E-state index in [1.807, 2.05) is 6.92 Å². The van der Waals surface area contributed by atoms with Crippen LogP contribution in [0, 0.1) is 0 Å². The van der Waals surface area contributed by atoms with Crippen LogP contribution in [0.3, 0.4) is 0 Å². The van der Waals surface area contributed by atoms with E-state index in [2.05, 4.69) is 5.16 Å². The van der Waals surface area contributed by atoms with Gasteiger partial charge in [-0.15, -0.1) is 0 Å². The summed E-state index contributed by atoms with van der Waals surface area (Å²) < 4.78 is 43.1. The standard InChI is InChI=1S/C16H17F3N2O2/c1-3-13-9-14(23-20-13)10-21(2)15(22)8-11-5-4-6-12(7-11)16(17,18)19/h4-7,9H,3,8,10H2,1-2H3. The Bertz CT molecular complexity index is 680. The molecular weight excluding hydrogens is 309 g/mol. The molecule has 0 saturated carbocycles. The largest absolute Gasteiger partial charge is 0.416 e. The van der Waals surface area contributed by atoms with Gasteiger partial charge in [0.1, 0.15) is 0 Å². The minimum Gasteiger partial charge on any atom is -0.359 e. The van der Waals surface area contributed by atoms with Crippen LogP contribution in [0.25, 0.3) is 0 Å². The molecule has 1 aromatic heterocycles. The van der Waals surface area contributed by atoms with E-state index in [-0.39, 0.29) is 18.9 Å². The third kappa shape index (κ3) is 4.58. The molecule has 0 N–H and O–H groups in total. The van der Waals surface area contributed by atoms with E-state index in [0.29, 0.717) is 11.3 Å². The molecule has 0 aliphatic rings. The number of hydrogen-bond acceptors (Lipinski definition) is 3. The second-order valence-electron chi connectivity index (χ2n) is 5.26. The van der Waals surface area contributed by atoms with Gasteiger partial charge >= 0.3 is 6.18 Å². The second kappa shape index (κ2) is 6.85. The summed E-state index contributed by atoms with van der Waals surface area (Å²) in [6.45, 7) is 2.16. The van der Waals surface area contributed by atoms with Gasteiger partial charge < -0.3 is 9.42 Å². The first-order chi connectivity index (χ1) is 10.8. The van der Waals surface area contributed by atoms with Gasteiger partial charge in [-0.3, -0.25) is 4.79 Å². The summed E-state index contributed by atoms with van der Waals surface area (Å²) in [6.07, 6.45) is -3.79. The molecule has 7 heteroatoms. The maximum atomic E-state index is 12.7. The average molecular weight is 326 g/mol. The summed E-state index contributed by atoms with van der Waals surface area (Å²) in [7, 11) is 1.57. The number of carbonyl (C=O) groups excluding carboxylic acids is 1. The van der Waals surface area contributed by atoms with Gasteiger partial charge in [-0.2, -0.15) is 13.2 Å². The Labute approximate surface area is 131 Å². The van der Waals surface area contributed by atoms with Crippen LogP contribution in [0.15, 0.2) is 34.9 Å². The minimum absolute atomic E-state index is 0.102. The number of aromatic nitrogens is 1. The highest BCUT2D eigenvalue weighted by atomic mass is 19.4. The number of aryl methyl sites for hydroxylation is 1. The smallest absolute Gasteiger partial charge is 0.359 e. The normalized spacial score (nSPS) is 11.5. The van der Waals surface area contributed by atoms with E-state index in [4.69, 9.17) is 4.52 Å². The molecule has 2 aromatic rings. The van der Waals surface area contributed by atoms with E-state index in [1.165, 1.54) is 17.0 Å². The molecule has 0 aliphatic heterocycles. The molecule has 0 radical (unpaired) electrons. The number of benzene rings is 1. The third-order valence-electron chi connectivity index (χ3n) is 3.40. The zero-order valence-corrected chi connectivity index (χ0v) is 12.9. The lowest BCUT2D eigenvalue weighted by atomic mass is 10.1. The van der Waals surface area contributed by atoms with Crippen molar-refractivity contribution in [2.75, 3.05) is 7.05 Å². The van der Waals surface area contributed by atoms with Crippen molar-refractivity contribution in [1.29, 1.82) is 0 Å². The van der Waals surface area contributed by atoms with Crippen LogP contribution in [0.5, 0.6) is 0 Å². The molecule has 124 valence electrons. The lowest BCUT2D eigenvalue weighted by Crippen LogP contribution is -2.27. The number of alkyl halides is 3. The lowest BCUT2D eigenvalue weighted by Gasteiger charge is -2.16. The van der Waals surface area contributed by atoms with E-state index in [0.717, 1.165) is 24.2 Å². The van der Waals surface area contributed by atoms with Crippen molar-refractivity contribution in [3.63, 3.8) is 0 Å². The number of likely N-dealkylation sites (N-methyl/N-ethyl adjacent to an activating group) is 1. The van der Waals surface area contributed by atoms with E-state index < -0.39 is 11.7 Å². The van der Waals surface area contributed by atoms with E-state index in [1.54, 1.807) is 13.1 Å². The number of halogens is 3. The van der Waals surface area contributed by atoms with Gasteiger partial charge in [0.25, 0.3) is 0 Å². The predicted molar refractivity (Wildman–Crippen MR) is 77.5 cm³/mol. The van der Waals surface area contributed by atoms with Crippen LogP contribution in [-0.2, 0) is 30.4 Å². The molecule has 4 nitrogen and oxygen atoms in total. The average Bonchev–Trinajstić information content (AvgIpc) is 2.94. The summed E-state index contributed by atoms with van der Waals surface area (Å²) in [5.41, 5.74) is 0.357. The van der Waals surface area contributed by atoms with Crippen molar-refractivity contribution in [3.8, 4) is 0 Å². The summed E-state index contributed by atoms with van der Waals surface area (Å²) in [5.74, 6) is 0.250. The molecule has 0 aliphatic carbocycles. The highest BCUT2D eigenvalue weighted by Gasteiger charge is 2.30. The number of amides is 1. The first-order valence-corrected chi connectivity index (χ1v) is 7.14. The number of rotatable bonds is 5. The molecule has 0 spiro atoms. The number of carbonyl (C=O) groups is 1. The summed E-state index contributed by atoms with van der Waals surface area (Å²) in [6, 6.07) is 6.54. The molecule has 0 bridgehead atoms. The van der Waals surface area contributed by atoms with Gasteiger partial charge in [-0.1, -0.05) is 30.3 Å². The highest BCUT2D eigenvalue weighted by Crippen LogP contribution is 2.29. The molecular formula is C16H17F3N2O2. The quantitative estimate of drug-likeness (QED) is 0.845. The Morgan fingerprint density at radius 2 is 2.04 bits per heavy atom. The maximum Gasteiger partial charge on any atom is 0.416 e. The van der Waals surface area contributed by atoms with Crippen molar-refractivity contribution in [2.24, 2.45) is 0 Å². The first-order valence-electron chi connectivity index (χ1n) is 7.14. The van der Waals surface area contributed by atoms with E-state index >= 15 is 0 Å². The van der Waals surface area contributed by atoms with Crippen LogP contribution in [-0.4, -0.2) is 23.0 Å². The Morgan fingerprint density at radius 3 is 2.65 bits per heavy atom. The van der Waals surface area contributed by atoms with Gasteiger partial charge in [0.05, 0.1) is 24.2 Å². The zero-order chi connectivity index (χ0) is 17.0. The fraction of sp³-hybridized carbons (Fsp3) is 0.375. The Balaban J connectivity index is 2.00. The summed E-state index contributed by atoms with van der Waals surface area (Å²) in [5, 5.41) is 3.83. The van der Waals surface area contributed by atoms with Crippen LogP contribution in [0.4, 0.5) is 13.2 Å². The van der Waals surface area contributed by atoms with E-state index in [9.17, 15) is 18.0 Å². The summed E-state index contributed by atoms with van der Waals surface area (Å²) >= 11 is 0. The predicted octanol–water partition coefficient (Wildman–Crippen LogP) is 3.46. The number of hydrogen-bond donors (Lipinski definition) is 0. The minimum atomic E-state index is -4.42. The highest BCUT2D eigenvalue weighted by molar-refractivity contribution is 5.78. The Morgan fingerprint density at radius 1 is 1.30 bits per heavy atom. The lowest BCUT2D eigenvalue weighted by molar-refractivity contribution is -0.138. The molecule has 0 unspecified atom stereocenters. The van der Waals surface area contributed by atoms with Crippen molar-refractivity contribution >= 4 is 5.91 Å². The molecule has 0 fully saturated rings. The van der Waals surface area contributed by atoms with Gasteiger partial charge in [0.15, 0.2) is 5.76 Å².